The molecule has 14 heavy (non-hydrogen) atoms. The van der Waals surface area contributed by atoms with Crippen LogP contribution in [0, 0.1) is 0 Å². The van der Waals surface area contributed by atoms with Crippen molar-refractivity contribution in [1.29, 1.82) is 0 Å². The maximum Gasteiger partial charge on any atom is 0.169 e. The second kappa shape index (κ2) is 2.73. The standard InChI is InChI=1S/C11H7NO2/c1-2-12-7-9-6-11-10(5-8(1)9)13-3-4-14-11/h1-7H. The zero-order valence-corrected chi connectivity index (χ0v) is 7.31. The van der Waals surface area contributed by atoms with Crippen molar-refractivity contribution in [2.45, 2.75) is 0 Å². The number of hydrogen-bond acceptors (Lipinski definition) is 3. The molecule has 68 valence electrons. The summed E-state index contributed by atoms with van der Waals surface area (Å²) in [6, 6.07) is 5.80. The molecule has 0 N–H and O–H groups in total. The van der Waals surface area contributed by atoms with Gasteiger partial charge in [-0.2, -0.15) is 0 Å². The topological polar surface area (TPSA) is 31.4 Å². The molecule has 0 radical (unpaired) electrons. The van der Waals surface area contributed by atoms with Crippen LogP contribution in [0.4, 0.5) is 0 Å². The SMILES string of the molecule is C1=COc2cc3cnccc3cc2O1. The minimum atomic E-state index is 0.730. The first-order valence-electron chi connectivity index (χ1n) is 4.29. The Labute approximate surface area is 80.6 Å². The van der Waals surface area contributed by atoms with E-state index in [0.717, 1.165) is 22.3 Å². The molecule has 0 bridgehead atoms. The second-order valence-electron chi connectivity index (χ2n) is 3.03. The van der Waals surface area contributed by atoms with Crippen molar-refractivity contribution in [2.75, 3.05) is 0 Å². The molecule has 3 rings (SSSR count). The van der Waals surface area contributed by atoms with E-state index in [1.165, 1.54) is 12.5 Å². The number of rotatable bonds is 0. The molecule has 1 aliphatic heterocycles. The summed E-state index contributed by atoms with van der Waals surface area (Å²) in [6.07, 6.45) is 6.60. The van der Waals surface area contributed by atoms with E-state index < -0.39 is 0 Å². The molecular formula is C11H7NO2. The minimum absolute atomic E-state index is 0.730. The van der Waals surface area contributed by atoms with Gasteiger partial charge in [-0.15, -0.1) is 0 Å². The van der Waals surface area contributed by atoms with Gasteiger partial charge in [-0.25, -0.2) is 0 Å². The third-order valence-corrected chi connectivity index (χ3v) is 2.15. The molecule has 0 amide bonds. The quantitative estimate of drug-likeness (QED) is 0.631. The summed E-state index contributed by atoms with van der Waals surface area (Å²) in [6.45, 7) is 0. The largest absolute Gasteiger partial charge is 0.458 e. The van der Waals surface area contributed by atoms with Crippen molar-refractivity contribution < 1.29 is 9.47 Å². The van der Waals surface area contributed by atoms with E-state index in [1.54, 1.807) is 12.4 Å². The van der Waals surface area contributed by atoms with E-state index in [0.29, 0.717) is 0 Å². The third kappa shape index (κ3) is 1.03. The Kier molecular flexibility index (Phi) is 1.44. The van der Waals surface area contributed by atoms with E-state index in [4.69, 9.17) is 9.47 Å². The average molecular weight is 185 g/mol. The molecule has 2 heterocycles. The van der Waals surface area contributed by atoms with Crippen LogP contribution < -0.4 is 9.47 Å². The van der Waals surface area contributed by atoms with Crippen molar-refractivity contribution in [3.8, 4) is 11.5 Å². The lowest BCUT2D eigenvalue weighted by atomic mass is 10.1. The molecule has 1 aromatic heterocycles. The normalized spacial score (nSPS) is 13.1. The fraction of sp³-hybridized carbons (Fsp3) is 0. The van der Waals surface area contributed by atoms with Gasteiger partial charge in [-0.3, -0.25) is 4.98 Å². The Hall–Kier alpha value is -2.03. The molecule has 0 spiro atoms. The van der Waals surface area contributed by atoms with Crippen LogP contribution in [0.25, 0.3) is 10.8 Å². The van der Waals surface area contributed by atoms with Crippen LogP contribution in [0.5, 0.6) is 11.5 Å². The fourth-order valence-corrected chi connectivity index (χ4v) is 1.48. The Morgan fingerprint density at radius 3 is 2.43 bits per heavy atom. The number of nitrogens with zero attached hydrogens (tertiary/aromatic N) is 1. The van der Waals surface area contributed by atoms with Crippen molar-refractivity contribution in [1.82, 2.24) is 4.98 Å². The van der Waals surface area contributed by atoms with Gasteiger partial charge in [0.05, 0.1) is 0 Å². The highest BCUT2D eigenvalue weighted by Gasteiger charge is 2.09. The van der Waals surface area contributed by atoms with Crippen LogP contribution in [0.1, 0.15) is 0 Å². The average Bonchev–Trinajstić information content (AvgIpc) is 2.26. The Morgan fingerprint density at radius 2 is 1.64 bits per heavy atom. The number of hydrogen-bond donors (Lipinski definition) is 0. The van der Waals surface area contributed by atoms with E-state index in [-0.39, 0.29) is 0 Å². The summed E-state index contributed by atoms with van der Waals surface area (Å²) in [7, 11) is 0. The number of fused-ring (bicyclic) bond motifs is 2. The van der Waals surface area contributed by atoms with Gasteiger partial charge in [-0.05, 0) is 23.6 Å². The summed E-state index contributed by atoms with van der Waals surface area (Å²) in [5.41, 5.74) is 0. The summed E-state index contributed by atoms with van der Waals surface area (Å²) < 4.78 is 10.6. The maximum absolute atomic E-state index is 5.31. The molecule has 0 unspecified atom stereocenters. The number of aromatic nitrogens is 1. The summed E-state index contributed by atoms with van der Waals surface area (Å²) in [5, 5.41) is 2.14. The summed E-state index contributed by atoms with van der Waals surface area (Å²) in [5.74, 6) is 1.47. The van der Waals surface area contributed by atoms with Crippen molar-refractivity contribution in [2.24, 2.45) is 0 Å². The molecule has 0 saturated carbocycles. The van der Waals surface area contributed by atoms with E-state index in [9.17, 15) is 0 Å². The van der Waals surface area contributed by atoms with Gasteiger partial charge in [0, 0.05) is 17.8 Å². The predicted octanol–water partition coefficient (Wildman–Crippen LogP) is 2.48. The molecule has 2 aromatic rings. The highest BCUT2D eigenvalue weighted by Crippen LogP contribution is 2.34. The summed E-state index contributed by atoms with van der Waals surface area (Å²) >= 11 is 0. The molecule has 1 aliphatic rings. The van der Waals surface area contributed by atoms with Gasteiger partial charge in [0.15, 0.2) is 11.5 Å². The van der Waals surface area contributed by atoms with Crippen LogP contribution >= 0.6 is 0 Å². The van der Waals surface area contributed by atoms with E-state index >= 15 is 0 Å². The first-order valence-corrected chi connectivity index (χ1v) is 4.29. The van der Waals surface area contributed by atoms with Gasteiger partial charge >= 0.3 is 0 Å². The van der Waals surface area contributed by atoms with Crippen molar-refractivity contribution >= 4 is 10.8 Å². The van der Waals surface area contributed by atoms with E-state index in [2.05, 4.69) is 4.98 Å². The van der Waals surface area contributed by atoms with Gasteiger partial charge < -0.3 is 9.47 Å². The molecular weight excluding hydrogens is 178 g/mol. The molecule has 0 atom stereocenters. The lowest BCUT2D eigenvalue weighted by Gasteiger charge is -2.12. The predicted molar refractivity (Wildman–Crippen MR) is 52.1 cm³/mol. The first-order chi connectivity index (χ1) is 6.93. The maximum atomic E-state index is 5.31. The van der Waals surface area contributed by atoms with Crippen LogP contribution in [0.3, 0.4) is 0 Å². The van der Waals surface area contributed by atoms with Gasteiger partial charge in [0.2, 0.25) is 0 Å². The molecule has 0 fully saturated rings. The molecule has 0 aliphatic carbocycles. The Bertz CT molecular complexity index is 473. The molecule has 3 heteroatoms. The Balaban J connectivity index is 2.30. The lowest BCUT2D eigenvalue weighted by molar-refractivity contribution is 0.362. The fourth-order valence-electron chi connectivity index (χ4n) is 1.48. The number of ether oxygens (including phenoxy) is 2. The monoisotopic (exact) mass is 185 g/mol. The van der Waals surface area contributed by atoms with E-state index in [1.807, 2.05) is 18.2 Å². The lowest BCUT2D eigenvalue weighted by Crippen LogP contribution is -1.95. The third-order valence-electron chi connectivity index (χ3n) is 2.15. The van der Waals surface area contributed by atoms with Crippen molar-refractivity contribution in [3.05, 3.63) is 43.1 Å². The molecule has 1 aromatic carbocycles. The Morgan fingerprint density at radius 1 is 0.929 bits per heavy atom. The first kappa shape index (κ1) is 7.38. The van der Waals surface area contributed by atoms with Crippen LogP contribution in [-0.2, 0) is 0 Å². The van der Waals surface area contributed by atoms with Gasteiger partial charge in [0.1, 0.15) is 12.5 Å². The van der Waals surface area contributed by atoms with Crippen LogP contribution in [0.15, 0.2) is 43.1 Å². The number of benzene rings is 1. The highest BCUT2D eigenvalue weighted by atomic mass is 16.5. The minimum Gasteiger partial charge on any atom is -0.458 e. The highest BCUT2D eigenvalue weighted by molar-refractivity contribution is 5.85. The zero-order chi connectivity index (χ0) is 9.38. The van der Waals surface area contributed by atoms with Gasteiger partial charge in [-0.1, -0.05) is 0 Å². The van der Waals surface area contributed by atoms with Crippen LogP contribution in [0.2, 0.25) is 0 Å². The molecule has 3 nitrogen and oxygen atoms in total. The smallest absolute Gasteiger partial charge is 0.169 e. The number of pyridine rings is 1. The van der Waals surface area contributed by atoms with Gasteiger partial charge in [0.25, 0.3) is 0 Å². The molecule has 0 saturated heterocycles. The van der Waals surface area contributed by atoms with Crippen molar-refractivity contribution in [3.63, 3.8) is 0 Å². The van der Waals surface area contributed by atoms with Crippen LogP contribution in [-0.4, -0.2) is 4.98 Å². The second-order valence-corrected chi connectivity index (χ2v) is 3.03. The zero-order valence-electron chi connectivity index (χ0n) is 7.31. The summed E-state index contributed by atoms with van der Waals surface area (Å²) in [4.78, 5) is 4.05.